The van der Waals surface area contributed by atoms with Crippen molar-refractivity contribution in [1.29, 1.82) is 0 Å². The summed E-state index contributed by atoms with van der Waals surface area (Å²) in [5, 5.41) is 1.39. The standard InChI is InChI=1S/C16H22N2/c1-10-6-7-14-13(9-18-16(14)11(10)2)8-12-4-3-5-15(12)17/h6-7,9,12,15,18H,3-5,8,17H2,1-2H3. The normalized spacial score (nSPS) is 23.9. The molecule has 0 saturated heterocycles. The van der Waals surface area contributed by atoms with Crippen LogP contribution in [0, 0.1) is 19.8 Å². The topological polar surface area (TPSA) is 41.8 Å². The van der Waals surface area contributed by atoms with E-state index in [1.165, 1.54) is 46.9 Å². The van der Waals surface area contributed by atoms with Gasteiger partial charge in [0.05, 0.1) is 0 Å². The Kier molecular flexibility index (Phi) is 2.90. The second-order valence-electron chi connectivity index (χ2n) is 5.80. The molecule has 18 heavy (non-hydrogen) atoms. The zero-order valence-corrected chi connectivity index (χ0v) is 11.3. The Bertz CT molecular complexity index is 568. The fourth-order valence-electron chi connectivity index (χ4n) is 3.28. The molecular formula is C16H22N2. The average Bonchev–Trinajstić information content (AvgIpc) is 2.93. The Balaban J connectivity index is 1.96. The molecule has 1 fully saturated rings. The van der Waals surface area contributed by atoms with Gasteiger partial charge in [-0.3, -0.25) is 0 Å². The van der Waals surface area contributed by atoms with Crippen molar-refractivity contribution in [2.75, 3.05) is 0 Å². The maximum atomic E-state index is 6.18. The van der Waals surface area contributed by atoms with Crippen LogP contribution >= 0.6 is 0 Å². The van der Waals surface area contributed by atoms with E-state index in [1.54, 1.807) is 0 Å². The van der Waals surface area contributed by atoms with Crippen molar-refractivity contribution in [3.05, 3.63) is 35.0 Å². The van der Waals surface area contributed by atoms with Gasteiger partial charge in [0.1, 0.15) is 0 Å². The van der Waals surface area contributed by atoms with Crippen LogP contribution < -0.4 is 5.73 Å². The third-order valence-electron chi connectivity index (χ3n) is 4.67. The Hall–Kier alpha value is -1.28. The minimum absolute atomic E-state index is 0.404. The van der Waals surface area contributed by atoms with E-state index in [4.69, 9.17) is 5.73 Å². The first kappa shape index (κ1) is 11.8. The molecule has 2 atom stereocenters. The summed E-state index contributed by atoms with van der Waals surface area (Å²) in [5.74, 6) is 0.672. The highest BCUT2D eigenvalue weighted by Crippen LogP contribution is 2.31. The van der Waals surface area contributed by atoms with E-state index in [1.807, 2.05) is 0 Å². The Morgan fingerprint density at radius 2 is 2.11 bits per heavy atom. The van der Waals surface area contributed by atoms with Crippen LogP contribution in [0.15, 0.2) is 18.3 Å². The van der Waals surface area contributed by atoms with E-state index in [0.717, 1.165) is 6.42 Å². The smallest absolute Gasteiger partial charge is 0.0489 e. The van der Waals surface area contributed by atoms with E-state index in [-0.39, 0.29) is 0 Å². The summed E-state index contributed by atoms with van der Waals surface area (Å²) in [7, 11) is 0. The number of aromatic nitrogens is 1. The molecule has 1 aliphatic carbocycles. The number of aryl methyl sites for hydroxylation is 2. The van der Waals surface area contributed by atoms with Crippen LogP contribution in [0.2, 0.25) is 0 Å². The lowest BCUT2D eigenvalue weighted by atomic mass is 9.94. The maximum absolute atomic E-state index is 6.18. The van der Waals surface area contributed by atoms with E-state index < -0.39 is 0 Å². The van der Waals surface area contributed by atoms with Crippen LogP contribution in [0.25, 0.3) is 10.9 Å². The number of nitrogens with one attached hydrogen (secondary N) is 1. The minimum Gasteiger partial charge on any atom is -0.361 e. The number of rotatable bonds is 2. The fraction of sp³-hybridized carbons (Fsp3) is 0.500. The highest BCUT2D eigenvalue weighted by molar-refractivity contribution is 5.86. The van der Waals surface area contributed by atoms with Gasteiger partial charge in [-0.25, -0.2) is 0 Å². The first-order valence-electron chi connectivity index (χ1n) is 6.98. The van der Waals surface area contributed by atoms with Gasteiger partial charge in [0.15, 0.2) is 0 Å². The van der Waals surface area contributed by atoms with Crippen molar-refractivity contribution in [3.8, 4) is 0 Å². The Labute approximate surface area is 109 Å². The van der Waals surface area contributed by atoms with Gasteiger partial charge in [0, 0.05) is 23.1 Å². The van der Waals surface area contributed by atoms with Gasteiger partial charge in [-0.05, 0) is 55.7 Å². The van der Waals surface area contributed by atoms with Gasteiger partial charge in [-0.2, -0.15) is 0 Å². The number of aromatic amines is 1. The van der Waals surface area contributed by atoms with Crippen molar-refractivity contribution in [2.45, 2.75) is 45.6 Å². The monoisotopic (exact) mass is 242 g/mol. The SMILES string of the molecule is Cc1ccc2c(CC3CCCC3N)c[nH]c2c1C. The lowest BCUT2D eigenvalue weighted by Gasteiger charge is -2.14. The number of nitrogens with two attached hydrogens (primary N) is 1. The third kappa shape index (κ3) is 1.85. The summed E-state index contributed by atoms with van der Waals surface area (Å²) in [6, 6.07) is 4.88. The molecule has 3 N–H and O–H groups in total. The molecule has 0 spiro atoms. The highest BCUT2D eigenvalue weighted by Gasteiger charge is 2.24. The van der Waals surface area contributed by atoms with Crippen LogP contribution in [0.5, 0.6) is 0 Å². The van der Waals surface area contributed by atoms with Crippen molar-refractivity contribution < 1.29 is 0 Å². The number of H-pyrrole nitrogens is 1. The summed E-state index contributed by atoms with van der Waals surface area (Å²) in [6.45, 7) is 4.36. The van der Waals surface area contributed by atoms with Crippen molar-refractivity contribution >= 4 is 10.9 Å². The third-order valence-corrected chi connectivity index (χ3v) is 4.67. The van der Waals surface area contributed by atoms with E-state index in [9.17, 15) is 0 Å². The molecule has 0 amide bonds. The zero-order valence-electron chi connectivity index (χ0n) is 11.3. The lowest BCUT2D eigenvalue weighted by molar-refractivity contribution is 0.480. The van der Waals surface area contributed by atoms with Gasteiger partial charge in [-0.15, -0.1) is 0 Å². The van der Waals surface area contributed by atoms with Crippen LogP contribution in [0.4, 0.5) is 0 Å². The molecule has 2 aromatic rings. The second-order valence-corrected chi connectivity index (χ2v) is 5.80. The molecule has 2 heteroatoms. The van der Waals surface area contributed by atoms with Crippen LogP contribution in [-0.4, -0.2) is 11.0 Å². The van der Waals surface area contributed by atoms with Crippen molar-refractivity contribution in [2.24, 2.45) is 11.7 Å². The van der Waals surface area contributed by atoms with Crippen LogP contribution in [0.1, 0.15) is 36.0 Å². The molecule has 1 heterocycles. The average molecular weight is 242 g/mol. The number of benzene rings is 1. The number of fused-ring (bicyclic) bond motifs is 1. The molecule has 96 valence electrons. The van der Waals surface area contributed by atoms with Gasteiger partial charge < -0.3 is 10.7 Å². The molecule has 1 saturated carbocycles. The summed E-state index contributed by atoms with van der Waals surface area (Å²) in [6.07, 6.45) is 7.10. The predicted molar refractivity (Wildman–Crippen MR) is 76.8 cm³/mol. The minimum atomic E-state index is 0.404. The van der Waals surface area contributed by atoms with Crippen molar-refractivity contribution in [3.63, 3.8) is 0 Å². The van der Waals surface area contributed by atoms with Gasteiger partial charge in [0.2, 0.25) is 0 Å². The molecule has 1 aromatic heterocycles. The maximum Gasteiger partial charge on any atom is 0.0489 e. The second kappa shape index (κ2) is 4.43. The molecule has 3 rings (SSSR count). The largest absolute Gasteiger partial charge is 0.361 e. The summed E-state index contributed by atoms with van der Waals surface area (Å²) in [5.41, 5.74) is 11.7. The van der Waals surface area contributed by atoms with Gasteiger partial charge >= 0.3 is 0 Å². The quantitative estimate of drug-likeness (QED) is 0.832. The Morgan fingerprint density at radius 3 is 2.83 bits per heavy atom. The fourth-order valence-corrected chi connectivity index (χ4v) is 3.28. The number of hydrogen-bond acceptors (Lipinski definition) is 1. The van der Waals surface area contributed by atoms with Crippen LogP contribution in [0.3, 0.4) is 0 Å². The van der Waals surface area contributed by atoms with E-state index in [0.29, 0.717) is 12.0 Å². The highest BCUT2D eigenvalue weighted by atomic mass is 14.7. The number of hydrogen-bond donors (Lipinski definition) is 2. The van der Waals surface area contributed by atoms with E-state index in [2.05, 4.69) is 37.2 Å². The molecule has 0 bridgehead atoms. The molecule has 1 aromatic carbocycles. The van der Waals surface area contributed by atoms with Gasteiger partial charge in [-0.1, -0.05) is 18.6 Å². The molecule has 2 unspecified atom stereocenters. The first-order chi connectivity index (χ1) is 8.66. The first-order valence-corrected chi connectivity index (χ1v) is 6.98. The van der Waals surface area contributed by atoms with E-state index >= 15 is 0 Å². The van der Waals surface area contributed by atoms with Crippen LogP contribution in [-0.2, 0) is 6.42 Å². The predicted octanol–water partition coefficient (Wildman–Crippen LogP) is 3.45. The Morgan fingerprint density at radius 1 is 1.28 bits per heavy atom. The summed E-state index contributed by atoms with van der Waals surface area (Å²) >= 11 is 0. The van der Waals surface area contributed by atoms with Crippen molar-refractivity contribution in [1.82, 2.24) is 4.98 Å². The summed E-state index contributed by atoms with van der Waals surface area (Å²) in [4.78, 5) is 3.45. The zero-order chi connectivity index (χ0) is 12.7. The molecule has 2 nitrogen and oxygen atoms in total. The molecule has 1 aliphatic rings. The molecular weight excluding hydrogens is 220 g/mol. The van der Waals surface area contributed by atoms with Gasteiger partial charge in [0.25, 0.3) is 0 Å². The molecule has 0 aliphatic heterocycles. The summed E-state index contributed by atoms with van der Waals surface area (Å²) < 4.78 is 0. The lowest BCUT2D eigenvalue weighted by Crippen LogP contribution is -2.25. The molecule has 0 radical (unpaired) electrons.